The number of likely N-dealkylation sites (tertiary alicyclic amines) is 1. The van der Waals surface area contributed by atoms with Crippen LogP contribution in [0.1, 0.15) is 23.5 Å². The highest BCUT2D eigenvalue weighted by Gasteiger charge is 2.23. The Morgan fingerprint density at radius 1 is 1.05 bits per heavy atom. The first kappa shape index (κ1) is 13.2. The van der Waals surface area contributed by atoms with Crippen molar-refractivity contribution in [2.45, 2.75) is 18.9 Å². The molecule has 1 saturated heterocycles. The second kappa shape index (κ2) is 6.10. The quantitative estimate of drug-likeness (QED) is 0.837. The van der Waals surface area contributed by atoms with E-state index in [0.29, 0.717) is 5.92 Å². The normalized spacial score (nSPS) is 19.1. The Kier molecular flexibility index (Phi) is 4.03. The molecular formula is C18H21NO. The fourth-order valence-electron chi connectivity index (χ4n) is 2.97. The zero-order valence-corrected chi connectivity index (χ0v) is 12.0. The molecule has 0 bridgehead atoms. The number of rotatable bonds is 4. The standard InChI is InChI=1S/C18H21NO/c1-20-18-9-7-16(8-10-18)17-11-12-19(14-17)13-15-5-3-2-4-6-15/h2-10,17H,11-14H2,1H3. The van der Waals surface area contributed by atoms with Crippen molar-refractivity contribution in [1.82, 2.24) is 4.90 Å². The highest BCUT2D eigenvalue weighted by Crippen LogP contribution is 2.29. The van der Waals surface area contributed by atoms with Crippen LogP contribution in [0.5, 0.6) is 5.75 Å². The summed E-state index contributed by atoms with van der Waals surface area (Å²) >= 11 is 0. The molecule has 1 unspecified atom stereocenters. The number of methoxy groups -OCH3 is 1. The molecule has 3 rings (SSSR count). The highest BCUT2D eigenvalue weighted by molar-refractivity contribution is 5.30. The van der Waals surface area contributed by atoms with E-state index < -0.39 is 0 Å². The van der Waals surface area contributed by atoms with Crippen molar-refractivity contribution in [1.29, 1.82) is 0 Å². The van der Waals surface area contributed by atoms with Crippen LogP contribution >= 0.6 is 0 Å². The van der Waals surface area contributed by atoms with Gasteiger partial charge in [0.15, 0.2) is 0 Å². The molecule has 0 amide bonds. The third kappa shape index (κ3) is 3.02. The summed E-state index contributed by atoms with van der Waals surface area (Å²) in [6.07, 6.45) is 1.25. The molecule has 0 aliphatic carbocycles. The highest BCUT2D eigenvalue weighted by atomic mass is 16.5. The largest absolute Gasteiger partial charge is 0.497 e. The van der Waals surface area contributed by atoms with Crippen molar-refractivity contribution >= 4 is 0 Å². The Balaban J connectivity index is 1.61. The summed E-state index contributed by atoms with van der Waals surface area (Å²) in [4.78, 5) is 2.55. The number of hydrogen-bond acceptors (Lipinski definition) is 2. The summed E-state index contributed by atoms with van der Waals surface area (Å²) in [7, 11) is 1.71. The molecule has 1 atom stereocenters. The fraction of sp³-hybridized carbons (Fsp3) is 0.333. The van der Waals surface area contributed by atoms with Crippen LogP contribution in [0.4, 0.5) is 0 Å². The maximum atomic E-state index is 5.22. The Morgan fingerprint density at radius 3 is 2.50 bits per heavy atom. The maximum Gasteiger partial charge on any atom is 0.118 e. The molecule has 0 spiro atoms. The SMILES string of the molecule is COc1ccc(C2CCN(Cc3ccccc3)C2)cc1. The number of ether oxygens (including phenoxy) is 1. The molecule has 2 heteroatoms. The third-order valence-corrected chi connectivity index (χ3v) is 4.11. The zero-order valence-electron chi connectivity index (χ0n) is 12.0. The monoisotopic (exact) mass is 267 g/mol. The van der Waals surface area contributed by atoms with Gasteiger partial charge in [0.25, 0.3) is 0 Å². The first-order chi connectivity index (χ1) is 9.85. The van der Waals surface area contributed by atoms with E-state index in [1.165, 1.54) is 24.1 Å². The van der Waals surface area contributed by atoms with Crippen LogP contribution in [0.25, 0.3) is 0 Å². The Labute approximate surface area is 121 Å². The predicted molar refractivity (Wildman–Crippen MR) is 82.1 cm³/mol. The second-order valence-corrected chi connectivity index (χ2v) is 5.48. The van der Waals surface area contributed by atoms with Gasteiger partial charge in [0.1, 0.15) is 5.75 Å². The number of hydrogen-bond donors (Lipinski definition) is 0. The van der Waals surface area contributed by atoms with Crippen molar-refractivity contribution < 1.29 is 4.74 Å². The van der Waals surface area contributed by atoms with Crippen LogP contribution in [-0.2, 0) is 6.54 Å². The smallest absolute Gasteiger partial charge is 0.118 e. The lowest BCUT2D eigenvalue weighted by Crippen LogP contribution is -2.19. The molecule has 0 radical (unpaired) electrons. The summed E-state index contributed by atoms with van der Waals surface area (Å²) in [6.45, 7) is 3.40. The van der Waals surface area contributed by atoms with Gasteiger partial charge in [-0.25, -0.2) is 0 Å². The van der Waals surface area contributed by atoms with Gasteiger partial charge in [-0.2, -0.15) is 0 Å². The van der Waals surface area contributed by atoms with E-state index >= 15 is 0 Å². The van der Waals surface area contributed by atoms with Gasteiger partial charge in [-0.1, -0.05) is 42.5 Å². The van der Waals surface area contributed by atoms with E-state index in [0.717, 1.165) is 18.8 Å². The molecule has 1 heterocycles. The van der Waals surface area contributed by atoms with E-state index in [1.807, 2.05) is 0 Å². The Morgan fingerprint density at radius 2 is 1.80 bits per heavy atom. The van der Waals surface area contributed by atoms with Crippen LogP contribution in [0.2, 0.25) is 0 Å². The van der Waals surface area contributed by atoms with Gasteiger partial charge in [-0.3, -0.25) is 4.90 Å². The zero-order chi connectivity index (χ0) is 13.8. The molecule has 104 valence electrons. The molecule has 1 aliphatic heterocycles. The first-order valence-electron chi connectivity index (χ1n) is 7.25. The van der Waals surface area contributed by atoms with Gasteiger partial charge in [-0.15, -0.1) is 0 Å². The molecule has 0 saturated carbocycles. The summed E-state index contributed by atoms with van der Waals surface area (Å²) < 4.78 is 5.22. The maximum absolute atomic E-state index is 5.22. The minimum atomic E-state index is 0.657. The van der Waals surface area contributed by atoms with Crippen molar-refractivity contribution in [2.75, 3.05) is 20.2 Å². The molecule has 2 nitrogen and oxygen atoms in total. The fourth-order valence-corrected chi connectivity index (χ4v) is 2.97. The van der Waals surface area contributed by atoms with Crippen molar-refractivity contribution in [2.24, 2.45) is 0 Å². The van der Waals surface area contributed by atoms with Crippen LogP contribution in [-0.4, -0.2) is 25.1 Å². The van der Waals surface area contributed by atoms with E-state index in [9.17, 15) is 0 Å². The average Bonchev–Trinajstić information content (AvgIpc) is 2.97. The molecular weight excluding hydrogens is 246 g/mol. The summed E-state index contributed by atoms with van der Waals surface area (Å²) in [6, 6.07) is 19.3. The minimum Gasteiger partial charge on any atom is -0.497 e. The van der Waals surface area contributed by atoms with Gasteiger partial charge < -0.3 is 4.74 Å². The number of benzene rings is 2. The summed E-state index contributed by atoms with van der Waals surface area (Å²) in [5.41, 5.74) is 2.84. The van der Waals surface area contributed by atoms with Crippen LogP contribution in [0, 0.1) is 0 Å². The Bertz CT molecular complexity index is 535. The molecule has 0 N–H and O–H groups in total. The lowest BCUT2D eigenvalue weighted by Gasteiger charge is -2.16. The second-order valence-electron chi connectivity index (χ2n) is 5.48. The molecule has 1 aliphatic rings. The van der Waals surface area contributed by atoms with E-state index in [-0.39, 0.29) is 0 Å². The van der Waals surface area contributed by atoms with Gasteiger partial charge >= 0.3 is 0 Å². The molecule has 0 aromatic heterocycles. The van der Waals surface area contributed by atoms with Crippen molar-refractivity contribution in [3.8, 4) is 5.75 Å². The topological polar surface area (TPSA) is 12.5 Å². The third-order valence-electron chi connectivity index (χ3n) is 4.11. The van der Waals surface area contributed by atoms with Crippen LogP contribution in [0.15, 0.2) is 54.6 Å². The van der Waals surface area contributed by atoms with Gasteiger partial charge in [0.2, 0.25) is 0 Å². The molecule has 2 aromatic rings. The van der Waals surface area contributed by atoms with E-state index in [1.54, 1.807) is 7.11 Å². The predicted octanol–water partition coefficient (Wildman–Crippen LogP) is 3.68. The Hall–Kier alpha value is -1.80. The lowest BCUT2D eigenvalue weighted by molar-refractivity contribution is 0.327. The van der Waals surface area contributed by atoms with Gasteiger partial charge in [0, 0.05) is 13.1 Å². The molecule has 1 fully saturated rings. The van der Waals surface area contributed by atoms with Gasteiger partial charge in [-0.05, 0) is 42.1 Å². The number of nitrogens with zero attached hydrogens (tertiary/aromatic N) is 1. The van der Waals surface area contributed by atoms with Gasteiger partial charge in [0.05, 0.1) is 7.11 Å². The van der Waals surface area contributed by atoms with Crippen LogP contribution < -0.4 is 4.74 Å². The first-order valence-corrected chi connectivity index (χ1v) is 7.25. The molecule has 2 aromatic carbocycles. The lowest BCUT2D eigenvalue weighted by atomic mass is 9.98. The minimum absolute atomic E-state index is 0.657. The molecule has 20 heavy (non-hydrogen) atoms. The summed E-state index contributed by atoms with van der Waals surface area (Å²) in [5.74, 6) is 1.59. The summed E-state index contributed by atoms with van der Waals surface area (Å²) in [5, 5.41) is 0. The average molecular weight is 267 g/mol. The van der Waals surface area contributed by atoms with Crippen molar-refractivity contribution in [3.63, 3.8) is 0 Å². The van der Waals surface area contributed by atoms with E-state index in [2.05, 4.69) is 59.5 Å². The van der Waals surface area contributed by atoms with E-state index in [4.69, 9.17) is 4.74 Å². The van der Waals surface area contributed by atoms with Crippen LogP contribution in [0.3, 0.4) is 0 Å². The van der Waals surface area contributed by atoms with Crippen molar-refractivity contribution in [3.05, 3.63) is 65.7 Å².